The molecule has 0 N–H and O–H groups in total. The number of nitrogens with zero attached hydrogens (tertiary/aromatic N) is 3. The molecular formula is C66H49N3. The molecule has 1 atom stereocenters. The highest BCUT2D eigenvalue weighted by Gasteiger charge is 2.49. The van der Waals surface area contributed by atoms with E-state index in [2.05, 4.69) is 245 Å². The lowest BCUT2D eigenvalue weighted by Gasteiger charge is -2.35. The molecule has 328 valence electrons. The third-order valence-electron chi connectivity index (χ3n) is 15.1. The predicted octanol–water partition coefficient (Wildman–Crippen LogP) is 16.3. The van der Waals surface area contributed by atoms with Crippen molar-refractivity contribution in [2.45, 2.75) is 38.0 Å². The van der Waals surface area contributed by atoms with Gasteiger partial charge in [-0.1, -0.05) is 227 Å². The van der Waals surface area contributed by atoms with E-state index in [-0.39, 0.29) is 5.41 Å². The summed E-state index contributed by atoms with van der Waals surface area (Å²) in [5.41, 5.74) is 20.0. The van der Waals surface area contributed by atoms with Crippen LogP contribution >= 0.6 is 0 Å². The Balaban J connectivity index is 0.998. The molecule has 3 nitrogen and oxygen atoms in total. The average Bonchev–Trinajstić information content (AvgIpc) is 3.83. The third kappa shape index (κ3) is 6.52. The zero-order valence-electron chi connectivity index (χ0n) is 39.0. The molecule has 0 spiro atoms. The van der Waals surface area contributed by atoms with Crippen LogP contribution in [0, 0.1) is 5.92 Å². The van der Waals surface area contributed by atoms with Crippen LogP contribution < -0.4 is 0 Å². The van der Waals surface area contributed by atoms with E-state index in [9.17, 15) is 0 Å². The first kappa shape index (κ1) is 41.0. The summed E-state index contributed by atoms with van der Waals surface area (Å²) in [5.74, 6) is 2.44. The van der Waals surface area contributed by atoms with Crippen molar-refractivity contribution < 1.29 is 0 Å². The van der Waals surface area contributed by atoms with E-state index in [4.69, 9.17) is 15.0 Å². The Morgan fingerprint density at radius 1 is 0.420 bits per heavy atom. The molecule has 9 aromatic carbocycles. The van der Waals surface area contributed by atoms with Gasteiger partial charge in [-0.2, -0.15) is 0 Å². The Morgan fingerprint density at radius 3 is 1.59 bits per heavy atom. The first-order valence-corrected chi connectivity index (χ1v) is 24.2. The lowest BCUT2D eigenvalue weighted by atomic mass is 9.66. The van der Waals surface area contributed by atoms with Gasteiger partial charge < -0.3 is 0 Å². The quantitative estimate of drug-likeness (QED) is 0.160. The largest absolute Gasteiger partial charge is 0.208 e. The Kier molecular flexibility index (Phi) is 9.46. The highest BCUT2D eigenvalue weighted by molar-refractivity contribution is 6.03. The number of fused-ring (bicyclic) bond motifs is 8. The van der Waals surface area contributed by atoms with Gasteiger partial charge in [-0.3, -0.25) is 0 Å². The minimum absolute atomic E-state index is 0.130. The molecule has 3 aliphatic carbocycles. The van der Waals surface area contributed by atoms with Gasteiger partial charge in [0.15, 0.2) is 17.5 Å². The van der Waals surface area contributed by atoms with E-state index in [1.807, 2.05) is 0 Å². The van der Waals surface area contributed by atoms with Crippen molar-refractivity contribution >= 4 is 16.3 Å². The summed E-state index contributed by atoms with van der Waals surface area (Å²) in [6, 6.07) is 75.6. The molecule has 0 aliphatic heterocycles. The molecule has 0 fully saturated rings. The Hall–Kier alpha value is -8.27. The van der Waals surface area contributed by atoms with Crippen LogP contribution in [0.25, 0.3) is 83.9 Å². The molecule has 3 aliphatic rings. The minimum Gasteiger partial charge on any atom is -0.208 e. The van der Waals surface area contributed by atoms with Crippen molar-refractivity contribution in [3.63, 3.8) is 0 Å². The molecule has 1 aromatic heterocycles. The van der Waals surface area contributed by atoms with Gasteiger partial charge in [0.05, 0.1) is 5.41 Å². The second-order valence-electron chi connectivity index (χ2n) is 19.6. The van der Waals surface area contributed by atoms with Gasteiger partial charge in [0, 0.05) is 22.1 Å². The van der Waals surface area contributed by atoms with Gasteiger partial charge in [0.2, 0.25) is 0 Å². The maximum atomic E-state index is 5.27. The second-order valence-corrected chi connectivity index (χ2v) is 19.6. The van der Waals surface area contributed by atoms with Crippen LogP contribution in [0.2, 0.25) is 0 Å². The SMILES string of the molecule is CC1C=C(c2ccc(-c3nc(-c4ccc(-c5ccccc5)cc4)nc(-c4ccc5c6c(ccc5c4)-c4cc5c(cc4C6(c4ccccc4)c4ccccc4)-c4ccccc4C5(C)C)n3)cc2)C=CC1. The lowest BCUT2D eigenvalue weighted by Crippen LogP contribution is -2.29. The van der Waals surface area contributed by atoms with Gasteiger partial charge in [-0.25, -0.2) is 15.0 Å². The Labute approximate surface area is 404 Å². The highest BCUT2D eigenvalue weighted by Crippen LogP contribution is 2.61. The lowest BCUT2D eigenvalue weighted by molar-refractivity contribution is 0.660. The number of rotatable bonds is 7. The van der Waals surface area contributed by atoms with E-state index in [1.54, 1.807) is 0 Å². The molecule has 10 aromatic rings. The van der Waals surface area contributed by atoms with E-state index in [0.29, 0.717) is 23.4 Å². The average molecular weight is 884 g/mol. The van der Waals surface area contributed by atoms with Gasteiger partial charge in [-0.15, -0.1) is 0 Å². The number of hydrogen-bond donors (Lipinski definition) is 0. The Bertz CT molecular complexity index is 3660. The minimum atomic E-state index is -0.585. The van der Waals surface area contributed by atoms with Crippen molar-refractivity contribution in [1.82, 2.24) is 15.0 Å². The first-order valence-electron chi connectivity index (χ1n) is 24.2. The van der Waals surface area contributed by atoms with Crippen LogP contribution in [0.4, 0.5) is 0 Å². The molecule has 0 saturated heterocycles. The maximum absolute atomic E-state index is 5.27. The third-order valence-corrected chi connectivity index (χ3v) is 15.1. The summed E-state index contributed by atoms with van der Waals surface area (Å²) in [7, 11) is 0. The summed E-state index contributed by atoms with van der Waals surface area (Å²) in [6.07, 6.45) is 7.94. The van der Waals surface area contributed by atoms with Gasteiger partial charge in [0.25, 0.3) is 0 Å². The maximum Gasteiger partial charge on any atom is 0.164 e. The molecule has 0 bridgehead atoms. The summed E-state index contributed by atoms with van der Waals surface area (Å²) in [6.45, 7) is 7.03. The summed E-state index contributed by atoms with van der Waals surface area (Å²) in [5, 5.41) is 2.35. The van der Waals surface area contributed by atoms with Crippen molar-refractivity contribution in [3.8, 4) is 67.5 Å². The molecular weight excluding hydrogens is 835 g/mol. The standard InChI is InChI=1S/C66H49N3/c1-42-16-15-19-48(38-42)45-28-32-47(33-29-45)63-67-62(46-30-26-44(27-31-46)43-17-7-4-8-18-43)68-64(69-63)50-35-36-53-49(39-50)34-37-55-57-40-59-56(54-24-13-14-25-58(54)65(59,2)3)41-60(57)66(61(53)55,51-20-9-5-10-21-51)52-22-11-6-12-23-52/h4-15,17-42H,16H2,1-3H3. The van der Waals surface area contributed by atoms with Crippen LogP contribution in [0.15, 0.2) is 224 Å². The van der Waals surface area contributed by atoms with E-state index >= 15 is 0 Å². The van der Waals surface area contributed by atoms with Crippen LogP contribution in [0.5, 0.6) is 0 Å². The molecule has 0 amide bonds. The van der Waals surface area contributed by atoms with Crippen LogP contribution in [-0.4, -0.2) is 15.0 Å². The topological polar surface area (TPSA) is 38.7 Å². The van der Waals surface area contributed by atoms with Gasteiger partial charge >= 0.3 is 0 Å². The zero-order chi connectivity index (χ0) is 46.3. The zero-order valence-corrected chi connectivity index (χ0v) is 39.0. The molecule has 0 radical (unpaired) electrons. The number of benzene rings is 9. The fourth-order valence-corrected chi connectivity index (χ4v) is 11.7. The molecule has 1 unspecified atom stereocenters. The molecule has 3 heteroatoms. The van der Waals surface area contributed by atoms with Crippen LogP contribution in [-0.2, 0) is 10.8 Å². The van der Waals surface area contributed by atoms with Crippen molar-refractivity contribution in [1.29, 1.82) is 0 Å². The van der Waals surface area contributed by atoms with Crippen molar-refractivity contribution in [2.24, 2.45) is 5.92 Å². The number of hydrogen-bond acceptors (Lipinski definition) is 3. The molecule has 1 heterocycles. The van der Waals surface area contributed by atoms with E-state index < -0.39 is 5.41 Å². The van der Waals surface area contributed by atoms with Gasteiger partial charge in [-0.05, 0) is 119 Å². The van der Waals surface area contributed by atoms with Crippen molar-refractivity contribution in [3.05, 3.63) is 263 Å². The van der Waals surface area contributed by atoms with E-state index in [0.717, 1.165) is 34.1 Å². The van der Waals surface area contributed by atoms with Crippen molar-refractivity contribution in [2.75, 3.05) is 0 Å². The summed E-state index contributed by atoms with van der Waals surface area (Å²) in [4.78, 5) is 15.7. The van der Waals surface area contributed by atoms with Crippen LogP contribution in [0.3, 0.4) is 0 Å². The summed E-state index contributed by atoms with van der Waals surface area (Å²) >= 11 is 0. The molecule has 0 saturated carbocycles. The second kappa shape index (κ2) is 15.9. The number of aromatic nitrogens is 3. The smallest absolute Gasteiger partial charge is 0.164 e. The summed E-state index contributed by atoms with van der Waals surface area (Å²) < 4.78 is 0. The van der Waals surface area contributed by atoms with Gasteiger partial charge in [0.1, 0.15) is 0 Å². The fourth-order valence-electron chi connectivity index (χ4n) is 11.7. The molecule has 69 heavy (non-hydrogen) atoms. The molecule has 13 rings (SSSR count). The predicted molar refractivity (Wildman–Crippen MR) is 285 cm³/mol. The first-order chi connectivity index (χ1) is 33.8. The van der Waals surface area contributed by atoms with Crippen LogP contribution in [0.1, 0.15) is 66.1 Å². The number of allylic oxidation sites excluding steroid dienone is 4. The Morgan fingerprint density at radius 2 is 0.942 bits per heavy atom. The van der Waals surface area contributed by atoms with E-state index in [1.165, 1.54) is 77.7 Å². The normalized spacial score (nSPS) is 15.8. The highest BCUT2D eigenvalue weighted by atomic mass is 15.0. The fraction of sp³-hybridized carbons (Fsp3) is 0.106. The monoisotopic (exact) mass is 883 g/mol.